The smallest absolute Gasteiger partial charge is 0.213 e. The summed E-state index contributed by atoms with van der Waals surface area (Å²) in [6, 6.07) is 11.3. The molecule has 5 heteroatoms. The molecule has 0 spiro atoms. The SMILES string of the molecule is COc1cc2c(C=O)c(Cl)n(-c3ccccc3)c2cn1. The van der Waals surface area contributed by atoms with Gasteiger partial charge in [-0.1, -0.05) is 29.8 Å². The molecule has 0 radical (unpaired) electrons. The van der Waals surface area contributed by atoms with Crippen molar-refractivity contribution >= 4 is 28.8 Å². The highest BCUT2D eigenvalue weighted by Gasteiger charge is 2.17. The number of methoxy groups -OCH3 is 1. The molecule has 0 unspecified atom stereocenters. The van der Waals surface area contributed by atoms with Crippen LogP contribution in [0.25, 0.3) is 16.6 Å². The van der Waals surface area contributed by atoms with Gasteiger partial charge in [0.1, 0.15) is 5.15 Å². The number of rotatable bonds is 3. The Morgan fingerprint density at radius 3 is 2.70 bits per heavy atom. The largest absolute Gasteiger partial charge is 0.481 e. The second-order valence-corrected chi connectivity index (χ2v) is 4.60. The van der Waals surface area contributed by atoms with Gasteiger partial charge in [-0.2, -0.15) is 0 Å². The van der Waals surface area contributed by atoms with Crippen molar-refractivity contribution < 1.29 is 9.53 Å². The zero-order valence-corrected chi connectivity index (χ0v) is 11.5. The molecule has 2 aromatic heterocycles. The number of carbonyl (C=O) groups is 1. The number of carbonyl (C=O) groups excluding carboxylic acids is 1. The molecule has 0 bridgehead atoms. The average molecular weight is 287 g/mol. The summed E-state index contributed by atoms with van der Waals surface area (Å²) in [5.74, 6) is 0.447. The van der Waals surface area contributed by atoms with Crippen molar-refractivity contribution in [3.05, 3.63) is 53.3 Å². The molecular weight excluding hydrogens is 276 g/mol. The summed E-state index contributed by atoms with van der Waals surface area (Å²) >= 11 is 6.35. The summed E-state index contributed by atoms with van der Waals surface area (Å²) in [6.07, 6.45) is 2.41. The lowest BCUT2D eigenvalue weighted by molar-refractivity contribution is 0.112. The summed E-state index contributed by atoms with van der Waals surface area (Å²) in [6.45, 7) is 0. The van der Waals surface area contributed by atoms with Crippen LogP contribution in [0, 0.1) is 0 Å². The third-order valence-electron chi connectivity index (χ3n) is 3.15. The second kappa shape index (κ2) is 4.98. The fraction of sp³-hybridized carbons (Fsp3) is 0.0667. The lowest BCUT2D eigenvalue weighted by Crippen LogP contribution is -1.94. The quantitative estimate of drug-likeness (QED) is 0.692. The van der Waals surface area contributed by atoms with Gasteiger partial charge in [-0.05, 0) is 12.1 Å². The molecule has 0 atom stereocenters. The lowest BCUT2D eigenvalue weighted by Gasteiger charge is -2.06. The van der Waals surface area contributed by atoms with Gasteiger partial charge >= 0.3 is 0 Å². The van der Waals surface area contributed by atoms with Crippen LogP contribution >= 0.6 is 11.6 Å². The Morgan fingerprint density at radius 2 is 2.05 bits per heavy atom. The first-order chi connectivity index (χ1) is 9.76. The van der Waals surface area contributed by atoms with E-state index in [1.165, 1.54) is 7.11 Å². The molecule has 0 amide bonds. The topological polar surface area (TPSA) is 44.1 Å². The minimum atomic E-state index is 0.372. The summed E-state index contributed by atoms with van der Waals surface area (Å²) in [4.78, 5) is 15.5. The van der Waals surface area contributed by atoms with Crippen molar-refractivity contribution in [2.45, 2.75) is 0 Å². The first-order valence-corrected chi connectivity index (χ1v) is 6.38. The average Bonchev–Trinajstić information content (AvgIpc) is 2.78. The second-order valence-electron chi connectivity index (χ2n) is 4.24. The highest BCUT2D eigenvalue weighted by atomic mass is 35.5. The van der Waals surface area contributed by atoms with Crippen LogP contribution in [0.1, 0.15) is 10.4 Å². The van der Waals surface area contributed by atoms with E-state index in [0.29, 0.717) is 16.6 Å². The maximum absolute atomic E-state index is 11.3. The van der Waals surface area contributed by atoms with Crippen molar-refractivity contribution in [3.63, 3.8) is 0 Å². The third-order valence-corrected chi connectivity index (χ3v) is 3.52. The molecule has 4 nitrogen and oxygen atoms in total. The molecule has 0 aliphatic carbocycles. The number of hydrogen-bond acceptors (Lipinski definition) is 3. The van der Waals surface area contributed by atoms with Crippen LogP contribution in [0.5, 0.6) is 5.88 Å². The fourth-order valence-corrected chi connectivity index (χ4v) is 2.55. The number of para-hydroxylation sites is 1. The van der Waals surface area contributed by atoms with Crippen molar-refractivity contribution in [3.8, 4) is 11.6 Å². The summed E-state index contributed by atoms with van der Waals surface area (Å²) in [5, 5.41) is 1.09. The van der Waals surface area contributed by atoms with Crippen LogP contribution in [0.3, 0.4) is 0 Å². The van der Waals surface area contributed by atoms with Crippen LogP contribution in [-0.4, -0.2) is 22.9 Å². The normalized spacial score (nSPS) is 10.7. The lowest BCUT2D eigenvalue weighted by atomic mass is 10.2. The predicted molar refractivity (Wildman–Crippen MR) is 78.0 cm³/mol. The maximum Gasteiger partial charge on any atom is 0.213 e. The Kier molecular flexibility index (Phi) is 3.16. The number of aromatic nitrogens is 2. The summed E-state index contributed by atoms with van der Waals surface area (Å²) in [5.41, 5.74) is 2.08. The van der Waals surface area contributed by atoms with Crippen LogP contribution in [-0.2, 0) is 0 Å². The number of pyridine rings is 1. The van der Waals surface area contributed by atoms with Gasteiger partial charge in [-0.3, -0.25) is 9.36 Å². The number of nitrogens with zero attached hydrogens (tertiary/aromatic N) is 2. The Balaban J connectivity index is 2.38. The van der Waals surface area contributed by atoms with Crippen molar-refractivity contribution in [2.24, 2.45) is 0 Å². The highest BCUT2D eigenvalue weighted by molar-refractivity contribution is 6.34. The molecule has 0 saturated carbocycles. The molecule has 3 rings (SSSR count). The predicted octanol–water partition coefficient (Wildman–Crippen LogP) is 3.50. The zero-order chi connectivity index (χ0) is 14.1. The highest BCUT2D eigenvalue weighted by Crippen LogP contribution is 2.33. The van der Waals surface area contributed by atoms with E-state index in [0.717, 1.165) is 22.9 Å². The maximum atomic E-state index is 11.3. The molecule has 20 heavy (non-hydrogen) atoms. The minimum absolute atomic E-state index is 0.372. The van der Waals surface area contributed by atoms with E-state index in [1.807, 2.05) is 30.3 Å². The van der Waals surface area contributed by atoms with Gasteiger partial charge < -0.3 is 4.74 Å². The first-order valence-electron chi connectivity index (χ1n) is 6.01. The number of fused-ring (bicyclic) bond motifs is 1. The number of hydrogen-bond donors (Lipinski definition) is 0. The van der Waals surface area contributed by atoms with Gasteiger partial charge in [0.15, 0.2) is 6.29 Å². The van der Waals surface area contributed by atoms with Crippen molar-refractivity contribution in [1.82, 2.24) is 9.55 Å². The van der Waals surface area contributed by atoms with E-state index in [2.05, 4.69) is 4.98 Å². The molecular formula is C15H11ClN2O2. The first kappa shape index (κ1) is 12.7. The van der Waals surface area contributed by atoms with Crippen LogP contribution in [0.2, 0.25) is 5.15 Å². The molecule has 0 aliphatic heterocycles. The monoisotopic (exact) mass is 286 g/mol. The van der Waals surface area contributed by atoms with E-state index in [9.17, 15) is 4.79 Å². The molecule has 0 saturated heterocycles. The molecule has 0 aliphatic rings. The van der Waals surface area contributed by atoms with Gasteiger partial charge in [0.25, 0.3) is 0 Å². The summed E-state index contributed by atoms with van der Waals surface area (Å²) in [7, 11) is 1.53. The molecule has 1 aromatic carbocycles. The van der Waals surface area contributed by atoms with Gasteiger partial charge in [-0.25, -0.2) is 4.98 Å². The standard InChI is InChI=1S/C15H11ClN2O2/c1-20-14-7-11-12(9-19)15(16)18(13(11)8-17-14)10-5-3-2-4-6-10/h2-9H,1H3. The van der Waals surface area contributed by atoms with E-state index in [4.69, 9.17) is 16.3 Å². The van der Waals surface area contributed by atoms with Crippen LogP contribution < -0.4 is 4.74 Å². The van der Waals surface area contributed by atoms with Crippen molar-refractivity contribution in [1.29, 1.82) is 0 Å². The minimum Gasteiger partial charge on any atom is -0.481 e. The Morgan fingerprint density at radius 1 is 1.30 bits per heavy atom. The van der Waals surface area contributed by atoms with Gasteiger partial charge in [0, 0.05) is 17.1 Å². The Labute approximate surface area is 120 Å². The molecule has 0 N–H and O–H groups in total. The zero-order valence-electron chi connectivity index (χ0n) is 10.7. The van der Waals surface area contributed by atoms with E-state index < -0.39 is 0 Å². The number of aldehydes is 1. The van der Waals surface area contributed by atoms with E-state index >= 15 is 0 Å². The van der Waals surface area contributed by atoms with Crippen LogP contribution in [0.15, 0.2) is 42.6 Å². The van der Waals surface area contributed by atoms with Gasteiger partial charge in [0.05, 0.1) is 24.4 Å². The summed E-state index contributed by atoms with van der Waals surface area (Å²) < 4.78 is 6.90. The number of ether oxygens (including phenoxy) is 1. The molecule has 0 fully saturated rings. The van der Waals surface area contributed by atoms with Crippen molar-refractivity contribution in [2.75, 3.05) is 7.11 Å². The number of halogens is 1. The van der Waals surface area contributed by atoms with Gasteiger partial charge in [0.2, 0.25) is 5.88 Å². The van der Waals surface area contributed by atoms with Gasteiger partial charge in [-0.15, -0.1) is 0 Å². The Hall–Kier alpha value is -2.33. The fourth-order valence-electron chi connectivity index (χ4n) is 2.21. The van der Waals surface area contributed by atoms with E-state index in [-0.39, 0.29) is 0 Å². The third kappa shape index (κ3) is 1.85. The number of benzene rings is 1. The molecule has 100 valence electrons. The van der Waals surface area contributed by atoms with Crippen LogP contribution in [0.4, 0.5) is 0 Å². The van der Waals surface area contributed by atoms with E-state index in [1.54, 1.807) is 16.8 Å². The Bertz CT molecular complexity index is 781. The molecule has 2 heterocycles. The molecule has 3 aromatic rings.